The summed E-state index contributed by atoms with van der Waals surface area (Å²) in [4.78, 5) is 25.0. The van der Waals surface area contributed by atoms with Crippen LogP contribution in [0, 0.1) is 12.8 Å². The van der Waals surface area contributed by atoms with Gasteiger partial charge in [0.2, 0.25) is 5.91 Å². The first-order chi connectivity index (χ1) is 15.2. The van der Waals surface area contributed by atoms with Crippen LogP contribution in [0.15, 0.2) is 58.2 Å². The first-order valence-corrected chi connectivity index (χ1v) is 12.0. The molecule has 9 heteroatoms. The molecule has 1 heterocycles. The Kier molecular flexibility index (Phi) is 8.09. The molecule has 0 saturated heterocycles. The molecular formula is C23H26BrN5O2S. The summed E-state index contributed by atoms with van der Waals surface area (Å²) in [5.41, 5.74) is 2.43. The van der Waals surface area contributed by atoms with Crippen molar-refractivity contribution in [3.63, 3.8) is 0 Å². The van der Waals surface area contributed by atoms with Crippen molar-refractivity contribution in [2.75, 3.05) is 11.1 Å². The minimum absolute atomic E-state index is 0.103. The van der Waals surface area contributed by atoms with Crippen LogP contribution in [0.25, 0.3) is 0 Å². The van der Waals surface area contributed by atoms with Crippen LogP contribution in [0.5, 0.6) is 0 Å². The molecule has 0 aliphatic carbocycles. The zero-order valence-electron chi connectivity index (χ0n) is 18.4. The highest BCUT2D eigenvalue weighted by Crippen LogP contribution is 2.25. The number of hydrogen-bond donors (Lipinski definition) is 2. The number of hydrogen-bond acceptors (Lipinski definition) is 5. The topological polar surface area (TPSA) is 88.9 Å². The number of benzene rings is 2. The molecule has 3 aromatic rings. The van der Waals surface area contributed by atoms with Gasteiger partial charge in [-0.3, -0.25) is 9.59 Å². The van der Waals surface area contributed by atoms with Crippen molar-refractivity contribution >= 4 is 45.2 Å². The van der Waals surface area contributed by atoms with Crippen LogP contribution in [0.3, 0.4) is 0 Å². The summed E-state index contributed by atoms with van der Waals surface area (Å²) in [5.74, 6) is 0.663. The lowest BCUT2D eigenvalue weighted by atomic mass is 10.0. The van der Waals surface area contributed by atoms with Gasteiger partial charge in [-0.1, -0.05) is 59.2 Å². The van der Waals surface area contributed by atoms with Gasteiger partial charge in [-0.2, -0.15) is 0 Å². The fourth-order valence-electron chi connectivity index (χ4n) is 3.04. The maximum Gasteiger partial charge on any atom is 0.251 e. The Morgan fingerprint density at radius 1 is 1.06 bits per heavy atom. The lowest BCUT2D eigenvalue weighted by Gasteiger charge is -2.21. The van der Waals surface area contributed by atoms with Gasteiger partial charge in [0.05, 0.1) is 11.8 Å². The van der Waals surface area contributed by atoms with Crippen molar-refractivity contribution in [3.05, 3.63) is 70.0 Å². The zero-order chi connectivity index (χ0) is 23.3. The van der Waals surface area contributed by atoms with Crippen molar-refractivity contribution in [3.8, 4) is 0 Å². The molecular weight excluding hydrogens is 490 g/mol. The third kappa shape index (κ3) is 6.20. The average molecular weight is 516 g/mol. The van der Waals surface area contributed by atoms with E-state index in [2.05, 4.69) is 36.8 Å². The number of nitrogens with zero attached hydrogens (tertiary/aromatic N) is 3. The highest BCUT2D eigenvalue weighted by Gasteiger charge is 2.25. The molecule has 168 valence electrons. The van der Waals surface area contributed by atoms with Crippen LogP contribution in [0.1, 0.15) is 41.6 Å². The van der Waals surface area contributed by atoms with Crippen LogP contribution in [0.4, 0.5) is 5.69 Å². The molecule has 1 atom stereocenters. The number of aromatic nitrogens is 3. The molecule has 0 bridgehead atoms. The van der Waals surface area contributed by atoms with E-state index in [0.717, 1.165) is 15.7 Å². The summed E-state index contributed by atoms with van der Waals surface area (Å²) in [6.45, 7) is 6.02. The zero-order valence-corrected chi connectivity index (χ0v) is 20.8. The van der Waals surface area contributed by atoms with Crippen LogP contribution < -0.4 is 10.6 Å². The van der Waals surface area contributed by atoms with Crippen LogP contribution in [-0.2, 0) is 11.8 Å². The molecule has 3 rings (SSSR count). The summed E-state index contributed by atoms with van der Waals surface area (Å²) >= 11 is 4.67. The van der Waals surface area contributed by atoms with Crippen molar-refractivity contribution in [2.24, 2.45) is 13.0 Å². The largest absolute Gasteiger partial charge is 0.342 e. The molecule has 0 radical (unpaired) electrons. The van der Waals surface area contributed by atoms with Gasteiger partial charge in [0, 0.05) is 22.8 Å². The van der Waals surface area contributed by atoms with Crippen LogP contribution in [-0.4, -0.2) is 32.3 Å². The number of halogens is 1. The lowest BCUT2D eigenvalue weighted by molar-refractivity contribution is -0.113. The van der Waals surface area contributed by atoms with Gasteiger partial charge in [0.25, 0.3) is 5.91 Å². The Morgan fingerprint density at radius 3 is 2.34 bits per heavy atom. The second-order valence-electron chi connectivity index (χ2n) is 7.80. The third-order valence-electron chi connectivity index (χ3n) is 4.87. The van der Waals surface area contributed by atoms with Gasteiger partial charge in [-0.05, 0) is 49.2 Å². The predicted molar refractivity (Wildman–Crippen MR) is 131 cm³/mol. The Labute approximate surface area is 200 Å². The van der Waals surface area contributed by atoms with E-state index in [0.29, 0.717) is 16.5 Å². The summed E-state index contributed by atoms with van der Waals surface area (Å²) in [5, 5.41) is 15.1. The summed E-state index contributed by atoms with van der Waals surface area (Å²) in [6, 6.07) is 14.5. The fourth-order valence-corrected chi connectivity index (χ4v) is 4.02. The first kappa shape index (κ1) is 24.0. The lowest BCUT2D eigenvalue weighted by Crippen LogP contribution is -2.33. The standard InChI is InChI=1S/C23H26BrN5O2S/c1-14(2)20(26-22(31)16-7-5-15(3)6-8-16)21-27-28-23(29(21)4)32-13-19(30)25-18-11-9-17(24)10-12-18/h5-12,14,20H,13H2,1-4H3,(H,25,30)(H,26,31)/t20-/m1/s1. The summed E-state index contributed by atoms with van der Waals surface area (Å²) in [6.07, 6.45) is 0. The van der Waals surface area contributed by atoms with Gasteiger partial charge in [0.1, 0.15) is 0 Å². The average Bonchev–Trinajstić information content (AvgIpc) is 3.12. The van der Waals surface area contributed by atoms with Crippen molar-refractivity contribution in [2.45, 2.75) is 32.0 Å². The van der Waals surface area contributed by atoms with Gasteiger partial charge in [-0.15, -0.1) is 10.2 Å². The van der Waals surface area contributed by atoms with E-state index in [1.807, 2.05) is 80.9 Å². The van der Waals surface area contributed by atoms with Gasteiger partial charge in [0.15, 0.2) is 11.0 Å². The first-order valence-electron chi connectivity index (χ1n) is 10.2. The van der Waals surface area contributed by atoms with E-state index in [1.54, 1.807) is 0 Å². The van der Waals surface area contributed by atoms with Crippen molar-refractivity contribution in [1.29, 1.82) is 0 Å². The van der Waals surface area contributed by atoms with E-state index in [9.17, 15) is 9.59 Å². The molecule has 0 fully saturated rings. The molecule has 7 nitrogen and oxygen atoms in total. The third-order valence-corrected chi connectivity index (χ3v) is 6.42. The highest BCUT2D eigenvalue weighted by atomic mass is 79.9. The maximum absolute atomic E-state index is 12.7. The normalized spacial score (nSPS) is 11.9. The Balaban J connectivity index is 1.65. The van der Waals surface area contributed by atoms with Crippen molar-refractivity contribution in [1.82, 2.24) is 20.1 Å². The van der Waals surface area contributed by atoms with E-state index < -0.39 is 0 Å². The quantitative estimate of drug-likeness (QED) is 0.422. The summed E-state index contributed by atoms with van der Waals surface area (Å²) < 4.78 is 2.78. The van der Waals surface area contributed by atoms with E-state index in [-0.39, 0.29) is 29.5 Å². The maximum atomic E-state index is 12.7. The van der Waals surface area contributed by atoms with Gasteiger partial charge in [-0.25, -0.2) is 0 Å². The Bertz CT molecular complexity index is 1080. The van der Waals surface area contributed by atoms with Crippen molar-refractivity contribution < 1.29 is 9.59 Å². The molecule has 0 saturated carbocycles. The number of thioether (sulfide) groups is 1. The Hall–Kier alpha value is -2.65. The molecule has 1 aromatic heterocycles. The second kappa shape index (κ2) is 10.8. The molecule has 32 heavy (non-hydrogen) atoms. The van der Waals surface area contributed by atoms with E-state index in [1.165, 1.54) is 11.8 Å². The second-order valence-corrected chi connectivity index (χ2v) is 9.66. The highest BCUT2D eigenvalue weighted by molar-refractivity contribution is 9.10. The SMILES string of the molecule is Cc1ccc(C(=O)N[C@@H](c2nnc(SCC(=O)Nc3ccc(Br)cc3)n2C)C(C)C)cc1. The minimum Gasteiger partial charge on any atom is -0.342 e. The predicted octanol–water partition coefficient (Wildman–Crippen LogP) is 4.74. The minimum atomic E-state index is -0.313. The number of amides is 2. The molecule has 2 amide bonds. The van der Waals surface area contributed by atoms with E-state index in [4.69, 9.17) is 0 Å². The van der Waals surface area contributed by atoms with E-state index >= 15 is 0 Å². The Morgan fingerprint density at radius 2 is 1.72 bits per heavy atom. The number of aryl methyl sites for hydroxylation is 1. The number of carbonyl (C=O) groups excluding carboxylic acids is 2. The number of nitrogens with one attached hydrogen (secondary N) is 2. The smallest absolute Gasteiger partial charge is 0.251 e. The molecule has 0 aliphatic rings. The van der Waals surface area contributed by atoms with Gasteiger partial charge >= 0.3 is 0 Å². The molecule has 0 aliphatic heterocycles. The van der Waals surface area contributed by atoms with Crippen LogP contribution in [0.2, 0.25) is 0 Å². The summed E-state index contributed by atoms with van der Waals surface area (Å²) in [7, 11) is 1.84. The monoisotopic (exact) mass is 515 g/mol. The number of anilines is 1. The van der Waals surface area contributed by atoms with Gasteiger partial charge < -0.3 is 15.2 Å². The molecule has 0 unspecified atom stereocenters. The molecule has 0 spiro atoms. The number of rotatable bonds is 8. The molecule has 2 aromatic carbocycles. The fraction of sp³-hybridized carbons (Fsp3) is 0.304. The number of carbonyl (C=O) groups is 2. The van der Waals surface area contributed by atoms with Crippen LogP contribution >= 0.6 is 27.7 Å². The molecule has 2 N–H and O–H groups in total.